The molecule has 0 spiro atoms. The average molecular weight is 302 g/mol. The van der Waals surface area contributed by atoms with E-state index in [0.29, 0.717) is 19.0 Å². The Morgan fingerprint density at radius 2 is 1.67 bits per heavy atom. The first kappa shape index (κ1) is 20.1. The Hall–Kier alpha value is -0.850. The summed E-state index contributed by atoms with van der Waals surface area (Å²) in [5.41, 5.74) is 11.5. The highest BCUT2D eigenvalue weighted by molar-refractivity contribution is 5.65. The van der Waals surface area contributed by atoms with Crippen LogP contribution >= 0.6 is 0 Å². The lowest BCUT2D eigenvalue weighted by atomic mass is 10.1. The molecule has 0 fully saturated rings. The first-order chi connectivity index (χ1) is 9.73. The number of carboxylic acid groups (broad SMARTS) is 1. The molecule has 126 valence electrons. The summed E-state index contributed by atoms with van der Waals surface area (Å²) in [7, 11) is 0. The lowest BCUT2D eigenvalue weighted by Gasteiger charge is -2.27. The van der Waals surface area contributed by atoms with Crippen molar-refractivity contribution in [2.45, 2.75) is 77.5 Å². The van der Waals surface area contributed by atoms with Gasteiger partial charge in [-0.1, -0.05) is 0 Å². The number of hydrogen-bond donors (Lipinski definition) is 4. The molecule has 6 nitrogen and oxygen atoms in total. The first-order valence-corrected chi connectivity index (χ1v) is 7.98. The highest BCUT2D eigenvalue weighted by atomic mass is 16.4. The van der Waals surface area contributed by atoms with Crippen LogP contribution in [0.5, 0.6) is 0 Å². The fraction of sp³-hybridized carbons (Fsp3) is 0.933. The molecular formula is C15H34N4O2. The zero-order valence-corrected chi connectivity index (χ0v) is 14.0. The average Bonchev–Trinajstić information content (AvgIpc) is 2.30. The number of unbranched alkanes of at least 4 members (excludes halogenated alkanes) is 1. The molecule has 0 aliphatic heterocycles. The third-order valence-corrected chi connectivity index (χ3v) is 3.53. The maximum Gasteiger partial charge on any atom is 0.407 e. The Labute approximate surface area is 129 Å². The van der Waals surface area contributed by atoms with Gasteiger partial charge in [-0.15, -0.1) is 0 Å². The van der Waals surface area contributed by atoms with Crippen LogP contribution in [0, 0.1) is 0 Å². The van der Waals surface area contributed by atoms with Crippen LogP contribution in [0.25, 0.3) is 0 Å². The Balaban J connectivity index is 3.92. The molecule has 6 N–H and O–H groups in total. The van der Waals surface area contributed by atoms with E-state index in [1.165, 1.54) is 4.90 Å². The summed E-state index contributed by atoms with van der Waals surface area (Å²) in [6.07, 6.45) is 2.59. The van der Waals surface area contributed by atoms with Gasteiger partial charge in [-0.3, -0.25) is 0 Å². The zero-order chi connectivity index (χ0) is 16.4. The molecule has 0 aliphatic carbocycles. The quantitative estimate of drug-likeness (QED) is 0.434. The zero-order valence-electron chi connectivity index (χ0n) is 14.0. The molecule has 0 heterocycles. The molecule has 0 aliphatic rings. The van der Waals surface area contributed by atoms with Crippen molar-refractivity contribution in [3.8, 4) is 0 Å². The summed E-state index contributed by atoms with van der Waals surface area (Å²) >= 11 is 0. The largest absolute Gasteiger partial charge is 0.465 e. The Morgan fingerprint density at radius 1 is 1.10 bits per heavy atom. The highest BCUT2D eigenvalue weighted by Crippen LogP contribution is 2.08. The van der Waals surface area contributed by atoms with Gasteiger partial charge in [-0.05, 0) is 59.9 Å². The van der Waals surface area contributed by atoms with Gasteiger partial charge in [0.25, 0.3) is 0 Å². The van der Waals surface area contributed by atoms with Gasteiger partial charge in [0.1, 0.15) is 0 Å². The normalized spacial score (nSPS) is 17.0. The van der Waals surface area contributed by atoms with E-state index in [2.05, 4.69) is 12.2 Å². The number of hydrogen-bond acceptors (Lipinski definition) is 4. The van der Waals surface area contributed by atoms with Crippen LogP contribution in [0.2, 0.25) is 0 Å². The second kappa shape index (κ2) is 10.8. The minimum absolute atomic E-state index is 0.0163. The van der Waals surface area contributed by atoms with E-state index in [4.69, 9.17) is 11.5 Å². The minimum Gasteiger partial charge on any atom is -0.465 e. The van der Waals surface area contributed by atoms with Crippen molar-refractivity contribution >= 4 is 6.09 Å². The Kier molecular flexibility index (Phi) is 10.4. The molecule has 4 unspecified atom stereocenters. The van der Waals surface area contributed by atoms with Crippen molar-refractivity contribution in [2.75, 3.05) is 13.1 Å². The van der Waals surface area contributed by atoms with Gasteiger partial charge in [0.05, 0.1) is 0 Å². The number of nitrogens with zero attached hydrogens (tertiary/aromatic N) is 1. The third-order valence-electron chi connectivity index (χ3n) is 3.53. The van der Waals surface area contributed by atoms with Crippen molar-refractivity contribution in [1.82, 2.24) is 10.2 Å². The second-order valence-electron chi connectivity index (χ2n) is 6.31. The van der Waals surface area contributed by atoms with E-state index >= 15 is 0 Å². The second-order valence-corrected chi connectivity index (χ2v) is 6.31. The monoisotopic (exact) mass is 302 g/mol. The molecule has 0 saturated heterocycles. The van der Waals surface area contributed by atoms with E-state index in [1.54, 1.807) is 0 Å². The van der Waals surface area contributed by atoms with Crippen molar-refractivity contribution in [3.63, 3.8) is 0 Å². The van der Waals surface area contributed by atoms with Gasteiger partial charge < -0.3 is 26.8 Å². The number of amides is 1. The van der Waals surface area contributed by atoms with E-state index in [-0.39, 0.29) is 18.1 Å². The SMILES string of the molecule is CC(N)CC(C)NCCCCN(C(=O)O)C(C)CC(C)N. The van der Waals surface area contributed by atoms with Gasteiger partial charge in [-0.25, -0.2) is 4.79 Å². The predicted octanol–water partition coefficient (Wildman–Crippen LogP) is 1.59. The van der Waals surface area contributed by atoms with Gasteiger partial charge in [0.2, 0.25) is 0 Å². The van der Waals surface area contributed by atoms with Crippen LogP contribution < -0.4 is 16.8 Å². The lowest BCUT2D eigenvalue weighted by Crippen LogP contribution is -2.41. The van der Waals surface area contributed by atoms with Crippen molar-refractivity contribution in [3.05, 3.63) is 0 Å². The van der Waals surface area contributed by atoms with Gasteiger partial charge in [0.15, 0.2) is 0 Å². The first-order valence-electron chi connectivity index (χ1n) is 7.98. The minimum atomic E-state index is -0.860. The molecule has 21 heavy (non-hydrogen) atoms. The summed E-state index contributed by atoms with van der Waals surface area (Å²) in [6.45, 7) is 9.40. The van der Waals surface area contributed by atoms with E-state index in [1.807, 2.05) is 20.8 Å². The molecule has 0 aromatic carbocycles. The molecule has 0 bridgehead atoms. The molecule has 0 radical (unpaired) electrons. The fourth-order valence-corrected chi connectivity index (χ4v) is 2.57. The Bertz CT molecular complexity index is 285. The summed E-state index contributed by atoms with van der Waals surface area (Å²) in [4.78, 5) is 12.8. The predicted molar refractivity (Wildman–Crippen MR) is 87.4 cm³/mol. The number of carbonyl (C=O) groups is 1. The highest BCUT2D eigenvalue weighted by Gasteiger charge is 2.19. The summed E-state index contributed by atoms with van der Waals surface area (Å²) in [5, 5.41) is 12.7. The molecule has 0 aromatic heterocycles. The van der Waals surface area contributed by atoms with Crippen LogP contribution in [0.4, 0.5) is 4.79 Å². The van der Waals surface area contributed by atoms with Crippen molar-refractivity contribution in [1.29, 1.82) is 0 Å². The van der Waals surface area contributed by atoms with Crippen LogP contribution in [0.1, 0.15) is 53.4 Å². The van der Waals surface area contributed by atoms with Crippen molar-refractivity contribution in [2.24, 2.45) is 11.5 Å². The summed E-state index contributed by atoms with van der Waals surface area (Å²) in [5.74, 6) is 0. The molecule has 0 saturated carbocycles. The van der Waals surface area contributed by atoms with E-state index in [0.717, 1.165) is 25.8 Å². The summed E-state index contributed by atoms with van der Waals surface area (Å²) < 4.78 is 0. The van der Waals surface area contributed by atoms with Gasteiger partial charge >= 0.3 is 6.09 Å². The fourth-order valence-electron chi connectivity index (χ4n) is 2.57. The third kappa shape index (κ3) is 10.5. The summed E-state index contributed by atoms with van der Waals surface area (Å²) in [6, 6.07) is 0.585. The maximum atomic E-state index is 11.3. The molecule has 6 heteroatoms. The van der Waals surface area contributed by atoms with Crippen molar-refractivity contribution < 1.29 is 9.90 Å². The van der Waals surface area contributed by atoms with E-state index < -0.39 is 6.09 Å². The molecule has 4 atom stereocenters. The van der Waals surface area contributed by atoms with Crippen LogP contribution in [-0.2, 0) is 0 Å². The number of nitrogens with two attached hydrogens (primary N) is 2. The van der Waals surface area contributed by atoms with Gasteiger partial charge in [-0.2, -0.15) is 0 Å². The molecule has 1 amide bonds. The molecule has 0 rings (SSSR count). The van der Waals surface area contributed by atoms with E-state index in [9.17, 15) is 9.90 Å². The molecular weight excluding hydrogens is 268 g/mol. The maximum absolute atomic E-state index is 11.3. The van der Waals surface area contributed by atoms with Gasteiger partial charge in [0, 0.05) is 30.7 Å². The number of nitrogens with one attached hydrogen (secondary N) is 1. The number of rotatable bonds is 11. The topological polar surface area (TPSA) is 105 Å². The smallest absolute Gasteiger partial charge is 0.407 e. The van der Waals surface area contributed by atoms with Crippen LogP contribution in [0.15, 0.2) is 0 Å². The van der Waals surface area contributed by atoms with Crippen LogP contribution in [-0.4, -0.2) is 53.4 Å². The molecule has 0 aromatic rings. The standard InChI is InChI=1S/C15H34N4O2/c1-11(16)9-13(3)18-7-5-6-8-19(15(20)21)14(4)10-12(2)17/h11-14,18H,5-10,16-17H2,1-4H3,(H,20,21). The lowest BCUT2D eigenvalue weighted by molar-refractivity contribution is 0.123. The Morgan fingerprint density at radius 3 is 2.14 bits per heavy atom. The van der Waals surface area contributed by atoms with Crippen LogP contribution in [0.3, 0.4) is 0 Å².